The molecule has 0 fully saturated rings. The zero-order valence-corrected chi connectivity index (χ0v) is 11.0. The van der Waals surface area contributed by atoms with Gasteiger partial charge in [-0.1, -0.05) is 17.7 Å². The van der Waals surface area contributed by atoms with Gasteiger partial charge in [0.1, 0.15) is 0 Å². The van der Waals surface area contributed by atoms with Crippen molar-refractivity contribution in [3.05, 3.63) is 28.8 Å². The largest absolute Gasteiger partial charge is 0.480 e. The number of carbonyl (C=O) groups excluding carboxylic acids is 1. The Labute approximate surface area is 110 Å². The second kappa shape index (κ2) is 6.37. The number of hydrogen-bond donors (Lipinski definition) is 2. The third kappa shape index (κ3) is 4.35. The number of rotatable bonds is 5. The van der Waals surface area contributed by atoms with E-state index in [4.69, 9.17) is 16.7 Å². The lowest BCUT2D eigenvalue weighted by Crippen LogP contribution is -2.33. The molecule has 0 unspecified atom stereocenters. The maximum absolute atomic E-state index is 11.7. The quantitative estimate of drug-likeness (QED) is 0.853. The summed E-state index contributed by atoms with van der Waals surface area (Å²) in [5, 5.41) is 11.8. The van der Waals surface area contributed by atoms with Gasteiger partial charge in [-0.05, 0) is 31.7 Å². The summed E-state index contributed by atoms with van der Waals surface area (Å²) in [6.45, 7) is 1.64. The zero-order chi connectivity index (χ0) is 13.7. The number of benzene rings is 1. The third-order valence-electron chi connectivity index (χ3n) is 2.36. The molecule has 98 valence electrons. The molecule has 0 aliphatic carbocycles. The van der Waals surface area contributed by atoms with E-state index >= 15 is 0 Å². The lowest BCUT2D eigenvalue weighted by atomic mass is 10.2. The highest BCUT2D eigenvalue weighted by Crippen LogP contribution is 2.22. The highest BCUT2D eigenvalue weighted by Gasteiger charge is 2.11. The van der Waals surface area contributed by atoms with E-state index in [0.717, 1.165) is 5.56 Å². The van der Waals surface area contributed by atoms with Crippen LogP contribution in [0, 0.1) is 6.92 Å². The van der Waals surface area contributed by atoms with Gasteiger partial charge in [-0.25, -0.2) is 0 Å². The average molecular weight is 271 g/mol. The minimum atomic E-state index is -0.968. The Bertz CT molecular complexity index is 463. The first kappa shape index (κ1) is 14.5. The molecular weight excluding hydrogens is 256 g/mol. The molecule has 1 aromatic carbocycles. The van der Waals surface area contributed by atoms with E-state index in [9.17, 15) is 9.59 Å². The molecule has 0 aromatic heterocycles. The molecule has 2 N–H and O–H groups in total. The third-order valence-corrected chi connectivity index (χ3v) is 2.77. The highest BCUT2D eigenvalue weighted by atomic mass is 35.5. The van der Waals surface area contributed by atoms with E-state index in [-0.39, 0.29) is 19.0 Å². The molecular formula is C12H15ClN2O3. The van der Waals surface area contributed by atoms with Crippen molar-refractivity contribution in [1.82, 2.24) is 4.90 Å². The van der Waals surface area contributed by atoms with E-state index in [0.29, 0.717) is 10.7 Å². The molecule has 0 heterocycles. The molecule has 0 spiro atoms. The van der Waals surface area contributed by atoms with Gasteiger partial charge in [0.25, 0.3) is 0 Å². The van der Waals surface area contributed by atoms with Crippen LogP contribution in [0.2, 0.25) is 5.02 Å². The first-order chi connectivity index (χ1) is 8.40. The number of anilines is 1. The summed E-state index contributed by atoms with van der Waals surface area (Å²) in [6.07, 6.45) is 0. The van der Waals surface area contributed by atoms with Crippen molar-refractivity contribution in [3.63, 3.8) is 0 Å². The van der Waals surface area contributed by atoms with Gasteiger partial charge in [-0.15, -0.1) is 0 Å². The first-order valence-electron chi connectivity index (χ1n) is 5.35. The number of carboxylic acid groups (broad SMARTS) is 1. The molecule has 1 rings (SSSR count). The van der Waals surface area contributed by atoms with E-state index in [2.05, 4.69) is 5.32 Å². The van der Waals surface area contributed by atoms with Crippen LogP contribution in [-0.2, 0) is 9.59 Å². The number of carbonyl (C=O) groups is 2. The van der Waals surface area contributed by atoms with Crippen molar-refractivity contribution in [3.8, 4) is 0 Å². The molecule has 18 heavy (non-hydrogen) atoms. The Morgan fingerprint density at radius 3 is 2.67 bits per heavy atom. The lowest BCUT2D eigenvalue weighted by molar-refractivity contribution is -0.138. The number of hydrogen-bond acceptors (Lipinski definition) is 3. The van der Waals surface area contributed by atoms with Crippen LogP contribution in [0.15, 0.2) is 18.2 Å². The smallest absolute Gasteiger partial charge is 0.317 e. The molecule has 5 nitrogen and oxygen atoms in total. The van der Waals surface area contributed by atoms with Crippen LogP contribution in [0.1, 0.15) is 5.56 Å². The Kier molecular flexibility index (Phi) is 5.12. The molecule has 0 aliphatic rings. The van der Waals surface area contributed by atoms with Crippen molar-refractivity contribution in [2.75, 3.05) is 25.5 Å². The summed E-state index contributed by atoms with van der Waals surface area (Å²) in [5.74, 6) is -1.24. The summed E-state index contributed by atoms with van der Waals surface area (Å²) in [5.41, 5.74) is 1.42. The number of nitrogens with zero attached hydrogens (tertiary/aromatic N) is 1. The average Bonchev–Trinajstić information content (AvgIpc) is 2.23. The van der Waals surface area contributed by atoms with Gasteiger partial charge in [0.05, 0.1) is 13.1 Å². The molecule has 0 radical (unpaired) electrons. The normalized spacial score (nSPS) is 10.4. The summed E-state index contributed by atoms with van der Waals surface area (Å²) < 4.78 is 0. The number of likely N-dealkylation sites (N-methyl/N-ethyl adjacent to an activating group) is 1. The topological polar surface area (TPSA) is 69.6 Å². The first-order valence-corrected chi connectivity index (χ1v) is 5.73. The zero-order valence-electron chi connectivity index (χ0n) is 10.2. The SMILES string of the molecule is Cc1c(Cl)cccc1NC(=O)CN(C)CC(=O)O. The van der Waals surface area contributed by atoms with Crippen LogP contribution >= 0.6 is 11.6 Å². The molecule has 0 atom stereocenters. The standard InChI is InChI=1S/C12H15ClN2O3/c1-8-9(13)4-3-5-10(8)14-11(16)6-15(2)7-12(17)18/h3-5H,6-7H2,1-2H3,(H,14,16)(H,17,18). The van der Waals surface area contributed by atoms with Crippen LogP contribution < -0.4 is 5.32 Å². The van der Waals surface area contributed by atoms with Crippen molar-refractivity contribution in [2.24, 2.45) is 0 Å². The predicted molar refractivity (Wildman–Crippen MR) is 70.0 cm³/mol. The van der Waals surface area contributed by atoms with Gasteiger partial charge < -0.3 is 10.4 Å². The molecule has 1 amide bonds. The van der Waals surface area contributed by atoms with Crippen molar-refractivity contribution >= 4 is 29.2 Å². The van der Waals surface area contributed by atoms with E-state index < -0.39 is 5.97 Å². The molecule has 0 saturated carbocycles. The fraction of sp³-hybridized carbons (Fsp3) is 0.333. The minimum Gasteiger partial charge on any atom is -0.480 e. The number of carboxylic acids is 1. The summed E-state index contributed by atoms with van der Waals surface area (Å²) in [4.78, 5) is 23.6. The van der Waals surface area contributed by atoms with Crippen LogP contribution in [0.5, 0.6) is 0 Å². The van der Waals surface area contributed by atoms with Gasteiger partial charge in [0.2, 0.25) is 5.91 Å². The van der Waals surface area contributed by atoms with Gasteiger partial charge in [-0.2, -0.15) is 0 Å². The fourth-order valence-corrected chi connectivity index (χ4v) is 1.64. The monoisotopic (exact) mass is 270 g/mol. The fourth-order valence-electron chi connectivity index (χ4n) is 1.46. The molecule has 1 aromatic rings. The van der Waals surface area contributed by atoms with Crippen LogP contribution in [0.25, 0.3) is 0 Å². The molecule has 6 heteroatoms. The van der Waals surface area contributed by atoms with Gasteiger partial charge in [-0.3, -0.25) is 14.5 Å². The molecule has 0 aliphatic heterocycles. The van der Waals surface area contributed by atoms with E-state index in [1.54, 1.807) is 32.2 Å². The Balaban J connectivity index is 2.59. The number of amides is 1. The maximum atomic E-state index is 11.7. The summed E-state index contributed by atoms with van der Waals surface area (Å²) in [7, 11) is 1.57. The van der Waals surface area contributed by atoms with Gasteiger partial charge in [0, 0.05) is 10.7 Å². The Morgan fingerprint density at radius 1 is 1.39 bits per heavy atom. The number of aliphatic carboxylic acids is 1. The van der Waals surface area contributed by atoms with Gasteiger partial charge in [0.15, 0.2) is 0 Å². The minimum absolute atomic E-state index is 0.0122. The number of halogens is 1. The Hall–Kier alpha value is -1.59. The molecule has 0 bridgehead atoms. The Morgan fingerprint density at radius 2 is 2.06 bits per heavy atom. The predicted octanol–water partition coefficient (Wildman–Crippen LogP) is 1.60. The van der Waals surface area contributed by atoms with Crippen LogP contribution in [-0.4, -0.2) is 42.0 Å². The second-order valence-electron chi connectivity index (χ2n) is 4.03. The van der Waals surface area contributed by atoms with Crippen LogP contribution in [0.4, 0.5) is 5.69 Å². The highest BCUT2D eigenvalue weighted by molar-refractivity contribution is 6.31. The van der Waals surface area contributed by atoms with Crippen molar-refractivity contribution in [2.45, 2.75) is 6.92 Å². The van der Waals surface area contributed by atoms with Crippen molar-refractivity contribution in [1.29, 1.82) is 0 Å². The van der Waals surface area contributed by atoms with Crippen molar-refractivity contribution < 1.29 is 14.7 Å². The van der Waals surface area contributed by atoms with E-state index in [1.165, 1.54) is 4.90 Å². The summed E-state index contributed by atoms with van der Waals surface area (Å²) in [6, 6.07) is 5.23. The lowest BCUT2D eigenvalue weighted by Gasteiger charge is -2.14. The van der Waals surface area contributed by atoms with Crippen LogP contribution in [0.3, 0.4) is 0 Å². The van der Waals surface area contributed by atoms with E-state index in [1.807, 2.05) is 0 Å². The molecule has 0 saturated heterocycles. The number of nitrogens with one attached hydrogen (secondary N) is 1. The summed E-state index contributed by atoms with van der Waals surface area (Å²) >= 11 is 5.93. The van der Waals surface area contributed by atoms with Gasteiger partial charge >= 0.3 is 5.97 Å². The maximum Gasteiger partial charge on any atom is 0.317 e. The second-order valence-corrected chi connectivity index (χ2v) is 4.43.